The number of amides is 2. The van der Waals surface area contributed by atoms with Gasteiger partial charge >= 0.3 is 6.03 Å². The van der Waals surface area contributed by atoms with Gasteiger partial charge in [0.15, 0.2) is 11.0 Å². The molecule has 9 nitrogen and oxygen atoms in total. The van der Waals surface area contributed by atoms with Gasteiger partial charge in [-0.15, -0.1) is 10.2 Å². The van der Waals surface area contributed by atoms with Crippen molar-refractivity contribution >= 4 is 29.2 Å². The number of hydrogen-bond donors (Lipinski definition) is 2. The fraction of sp³-hybridized carbons (Fsp3) is 0.160. The maximum Gasteiger partial charge on any atom is 0.319 e. The molecule has 0 atom stereocenters. The van der Waals surface area contributed by atoms with Crippen molar-refractivity contribution in [2.24, 2.45) is 0 Å². The summed E-state index contributed by atoms with van der Waals surface area (Å²) in [5.41, 5.74) is 4.49. The van der Waals surface area contributed by atoms with Crippen LogP contribution in [0.2, 0.25) is 0 Å². The van der Waals surface area contributed by atoms with Crippen LogP contribution in [-0.4, -0.2) is 25.7 Å². The molecule has 0 unspecified atom stereocenters. The number of aromatic nitrogens is 3. The highest BCUT2D eigenvalue weighted by molar-refractivity contribution is 7.98. The Kier molecular flexibility index (Phi) is 7.41. The molecule has 1 heterocycles. The molecule has 0 bridgehead atoms. The van der Waals surface area contributed by atoms with Crippen LogP contribution in [0.3, 0.4) is 0 Å². The molecule has 4 rings (SSSR count). The molecule has 0 aliphatic heterocycles. The van der Waals surface area contributed by atoms with Crippen molar-refractivity contribution in [3.8, 4) is 5.69 Å². The van der Waals surface area contributed by atoms with Crippen LogP contribution >= 0.6 is 11.8 Å². The number of thioether (sulfide) groups is 1. The van der Waals surface area contributed by atoms with E-state index in [0.29, 0.717) is 22.4 Å². The minimum absolute atomic E-state index is 0.00651. The number of carbonyl (C=O) groups is 1. The fourth-order valence-electron chi connectivity index (χ4n) is 3.54. The second-order valence-corrected chi connectivity index (χ2v) is 8.80. The first kappa shape index (κ1) is 24.0. The van der Waals surface area contributed by atoms with E-state index in [9.17, 15) is 14.9 Å². The molecule has 0 aliphatic carbocycles. The molecule has 2 N–H and O–H groups in total. The Balaban J connectivity index is 1.55. The topological polar surface area (TPSA) is 115 Å². The van der Waals surface area contributed by atoms with Crippen LogP contribution in [0.25, 0.3) is 5.69 Å². The van der Waals surface area contributed by atoms with E-state index in [2.05, 4.69) is 20.8 Å². The van der Waals surface area contributed by atoms with Crippen molar-refractivity contribution in [3.63, 3.8) is 0 Å². The van der Waals surface area contributed by atoms with Crippen LogP contribution in [0.5, 0.6) is 0 Å². The number of nitrogens with one attached hydrogen (secondary N) is 2. The van der Waals surface area contributed by atoms with Gasteiger partial charge in [-0.05, 0) is 42.7 Å². The quantitative estimate of drug-likeness (QED) is 0.195. The molecule has 0 saturated heterocycles. The third kappa shape index (κ3) is 5.85. The van der Waals surface area contributed by atoms with Crippen LogP contribution in [0, 0.1) is 24.0 Å². The average molecular weight is 489 g/mol. The first-order valence-electron chi connectivity index (χ1n) is 10.9. The van der Waals surface area contributed by atoms with E-state index in [4.69, 9.17) is 0 Å². The molecule has 35 heavy (non-hydrogen) atoms. The van der Waals surface area contributed by atoms with Crippen LogP contribution in [-0.2, 0) is 12.3 Å². The van der Waals surface area contributed by atoms with E-state index in [1.54, 1.807) is 16.7 Å². The molecule has 0 fully saturated rings. The van der Waals surface area contributed by atoms with Crippen LogP contribution in [0.4, 0.5) is 16.2 Å². The highest BCUT2D eigenvalue weighted by Gasteiger charge is 2.17. The Morgan fingerprint density at radius 1 is 0.971 bits per heavy atom. The lowest BCUT2D eigenvalue weighted by Crippen LogP contribution is -2.30. The molecule has 0 spiro atoms. The van der Waals surface area contributed by atoms with Crippen molar-refractivity contribution in [2.75, 3.05) is 5.32 Å². The lowest BCUT2D eigenvalue weighted by atomic mass is 10.1. The van der Waals surface area contributed by atoms with Gasteiger partial charge in [-0.3, -0.25) is 14.7 Å². The number of urea groups is 1. The monoisotopic (exact) mass is 488 g/mol. The second-order valence-electron chi connectivity index (χ2n) is 7.86. The predicted molar refractivity (Wildman–Crippen MR) is 136 cm³/mol. The molecule has 1 aromatic heterocycles. The molecule has 3 aromatic carbocycles. The molecule has 2 amide bonds. The van der Waals surface area contributed by atoms with E-state index in [0.717, 1.165) is 22.4 Å². The Morgan fingerprint density at radius 3 is 2.31 bits per heavy atom. The summed E-state index contributed by atoms with van der Waals surface area (Å²) >= 11 is 1.49. The van der Waals surface area contributed by atoms with Gasteiger partial charge in [-0.2, -0.15) is 0 Å². The van der Waals surface area contributed by atoms with E-state index < -0.39 is 4.92 Å². The maximum absolute atomic E-state index is 12.6. The maximum atomic E-state index is 12.6. The van der Waals surface area contributed by atoms with Crippen molar-refractivity contribution in [3.05, 3.63) is 105 Å². The highest BCUT2D eigenvalue weighted by Crippen LogP contribution is 2.26. The Labute approximate surface area is 206 Å². The zero-order valence-corrected chi connectivity index (χ0v) is 20.1. The zero-order chi connectivity index (χ0) is 24.8. The predicted octanol–water partition coefficient (Wildman–Crippen LogP) is 5.41. The molecule has 178 valence electrons. The summed E-state index contributed by atoms with van der Waals surface area (Å²) in [6, 6.07) is 21.6. The molecule has 0 radical (unpaired) electrons. The number of para-hydroxylation sites is 1. The van der Waals surface area contributed by atoms with Crippen LogP contribution < -0.4 is 10.6 Å². The van der Waals surface area contributed by atoms with E-state index >= 15 is 0 Å². The van der Waals surface area contributed by atoms with E-state index in [1.807, 2.05) is 62.4 Å². The lowest BCUT2D eigenvalue weighted by Gasteiger charge is -2.13. The summed E-state index contributed by atoms with van der Waals surface area (Å²) in [4.78, 5) is 23.3. The van der Waals surface area contributed by atoms with Gasteiger partial charge in [0.05, 0.1) is 11.5 Å². The van der Waals surface area contributed by atoms with Gasteiger partial charge in [-0.1, -0.05) is 60.3 Å². The van der Waals surface area contributed by atoms with Gasteiger partial charge in [0.25, 0.3) is 5.69 Å². The van der Waals surface area contributed by atoms with Crippen LogP contribution in [0.1, 0.15) is 22.5 Å². The number of rotatable bonds is 8. The number of hydrogen-bond acceptors (Lipinski definition) is 6. The average Bonchev–Trinajstić information content (AvgIpc) is 3.27. The van der Waals surface area contributed by atoms with E-state index in [1.165, 1.54) is 23.9 Å². The minimum Gasteiger partial charge on any atom is -0.331 e. The molecular formula is C25H24N6O3S. The van der Waals surface area contributed by atoms with Gasteiger partial charge in [0, 0.05) is 29.3 Å². The standard InChI is InChI=1S/C25H24N6O3S/c1-17-7-6-8-18(2)23(17)27-24(32)26-15-22-28-29-25(35-16-19-9-4-3-5-10-19)30(22)20-11-13-21(14-12-20)31(33)34/h3-14H,15-16H2,1-2H3,(H2,26,27,32). The highest BCUT2D eigenvalue weighted by atomic mass is 32.2. The zero-order valence-electron chi connectivity index (χ0n) is 19.3. The van der Waals surface area contributed by atoms with Crippen molar-refractivity contribution in [2.45, 2.75) is 31.3 Å². The number of nitro benzene ring substituents is 1. The Bertz CT molecular complexity index is 1320. The number of nitrogens with zero attached hydrogens (tertiary/aromatic N) is 4. The summed E-state index contributed by atoms with van der Waals surface area (Å²) in [6.07, 6.45) is 0. The van der Waals surface area contributed by atoms with Gasteiger partial charge in [0.2, 0.25) is 0 Å². The SMILES string of the molecule is Cc1cccc(C)c1NC(=O)NCc1nnc(SCc2ccccc2)n1-c1ccc([N+](=O)[O-])cc1. The number of carbonyl (C=O) groups excluding carboxylic acids is 1. The van der Waals surface area contributed by atoms with Gasteiger partial charge < -0.3 is 10.6 Å². The summed E-state index contributed by atoms with van der Waals surface area (Å²) in [7, 11) is 0. The summed E-state index contributed by atoms with van der Waals surface area (Å²) in [5.74, 6) is 1.18. The number of aryl methyl sites for hydroxylation is 2. The summed E-state index contributed by atoms with van der Waals surface area (Å²) in [6.45, 7) is 3.99. The molecule has 4 aromatic rings. The van der Waals surface area contributed by atoms with Crippen LogP contribution in [0.15, 0.2) is 78.0 Å². The number of non-ortho nitro benzene ring substituents is 1. The summed E-state index contributed by atoms with van der Waals surface area (Å²) in [5, 5.41) is 26.1. The first-order valence-corrected chi connectivity index (χ1v) is 11.9. The fourth-order valence-corrected chi connectivity index (χ4v) is 4.47. The number of anilines is 1. The van der Waals surface area contributed by atoms with Gasteiger partial charge in [-0.25, -0.2) is 4.79 Å². The van der Waals surface area contributed by atoms with E-state index in [-0.39, 0.29) is 18.3 Å². The third-order valence-electron chi connectivity index (χ3n) is 5.36. The largest absolute Gasteiger partial charge is 0.331 e. The molecule has 0 aliphatic rings. The van der Waals surface area contributed by atoms with Crippen molar-refractivity contribution < 1.29 is 9.72 Å². The first-order chi connectivity index (χ1) is 16.9. The Hall–Kier alpha value is -4.18. The third-order valence-corrected chi connectivity index (χ3v) is 6.36. The normalized spacial score (nSPS) is 10.7. The number of nitro groups is 1. The van der Waals surface area contributed by atoms with Crippen molar-refractivity contribution in [1.82, 2.24) is 20.1 Å². The molecule has 10 heteroatoms. The lowest BCUT2D eigenvalue weighted by molar-refractivity contribution is -0.384. The Morgan fingerprint density at radius 2 is 1.66 bits per heavy atom. The summed E-state index contributed by atoms with van der Waals surface area (Å²) < 4.78 is 1.80. The second kappa shape index (κ2) is 10.8. The molecular weight excluding hydrogens is 464 g/mol. The van der Waals surface area contributed by atoms with Crippen molar-refractivity contribution in [1.29, 1.82) is 0 Å². The number of benzene rings is 3. The van der Waals surface area contributed by atoms with Gasteiger partial charge in [0.1, 0.15) is 0 Å². The minimum atomic E-state index is -0.443. The molecule has 0 saturated carbocycles. The smallest absolute Gasteiger partial charge is 0.319 e.